The van der Waals surface area contributed by atoms with Gasteiger partial charge in [-0.1, -0.05) is 6.58 Å². The molecule has 2 aliphatic carbocycles. The minimum atomic E-state index is -1.14. The number of hydrogen-bond acceptors (Lipinski definition) is 5. The number of nitriles is 1. The summed E-state index contributed by atoms with van der Waals surface area (Å²) in [7, 11) is 0. The van der Waals surface area contributed by atoms with Crippen LogP contribution in [0.4, 0.5) is 0 Å². The number of rotatable bonds is 2. The summed E-state index contributed by atoms with van der Waals surface area (Å²) in [6.07, 6.45) is 1.59. The summed E-state index contributed by atoms with van der Waals surface area (Å²) in [4.78, 5) is 23.6. The fourth-order valence-corrected chi connectivity index (χ4v) is 3.48. The van der Waals surface area contributed by atoms with E-state index in [4.69, 9.17) is 9.47 Å². The van der Waals surface area contributed by atoms with Gasteiger partial charge in [0.15, 0.2) is 5.41 Å². The third kappa shape index (κ3) is 1.10. The molecule has 0 spiro atoms. The van der Waals surface area contributed by atoms with Gasteiger partial charge in [-0.05, 0) is 25.7 Å². The number of carbonyl (C=O) groups is 2. The van der Waals surface area contributed by atoms with Crippen LogP contribution in [-0.2, 0) is 19.1 Å². The van der Waals surface area contributed by atoms with Crippen molar-refractivity contribution >= 4 is 11.9 Å². The average Bonchev–Trinajstić information content (AvgIpc) is 2.81. The highest BCUT2D eigenvalue weighted by Crippen LogP contribution is 2.66. The normalized spacial score (nSPS) is 43.4. The van der Waals surface area contributed by atoms with Crippen molar-refractivity contribution in [2.75, 3.05) is 0 Å². The van der Waals surface area contributed by atoms with E-state index in [1.807, 2.05) is 0 Å². The lowest BCUT2D eigenvalue weighted by Crippen LogP contribution is -2.57. The molecule has 4 fully saturated rings. The molecule has 2 saturated heterocycles. The lowest BCUT2D eigenvalue weighted by Gasteiger charge is -2.46. The number of nitrogens with zero attached hydrogens (tertiary/aromatic N) is 1. The maximum absolute atomic E-state index is 11.9. The summed E-state index contributed by atoms with van der Waals surface area (Å²) in [5, 5.41) is 9.22. The molecule has 4 rings (SSSR count). The van der Waals surface area contributed by atoms with Crippen LogP contribution in [0.5, 0.6) is 0 Å². The van der Waals surface area contributed by atoms with Gasteiger partial charge in [0.05, 0.1) is 6.07 Å². The second kappa shape index (κ2) is 3.14. The van der Waals surface area contributed by atoms with Crippen molar-refractivity contribution in [2.45, 2.75) is 32.0 Å². The molecule has 0 aromatic rings. The standard InChI is InChI=1S/C13H13NO4/c1-7(2)10(15)17-13-5-8-3-9(13)4-12(8,6-14)11(16)18-13/h8-9H,1,3-5H2,2H3. The first kappa shape index (κ1) is 11.3. The van der Waals surface area contributed by atoms with Crippen LogP contribution in [-0.4, -0.2) is 17.7 Å². The van der Waals surface area contributed by atoms with E-state index >= 15 is 0 Å². The van der Waals surface area contributed by atoms with Crippen LogP contribution in [0, 0.1) is 28.6 Å². The number of ether oxygens (including phenoxy) is 2. The van der Waals surface area contributed by atoms with Crippen molar-refractivity contribution in [1.82, 2.24) is 0 Å². The topological polar surface area (TPSA) is 76.4 Å². The van der Waals surface area contributed by atoms with Crippen molar-refractivity contribution < 1.29 is 19.1 Å². The van der Waals surface area contributed by atoms with Gasteiger partial charge in [-0.3, -0.25) is 4.79 Å². The second-order valence-electron chi connectivity index (χ2n) is 5.49. The van der Waals surface area contributed by atoms with Crippen molar-refractivity contribution in [2.24, 2.45) is 17.3 Å². The maximum atomic E-state index is 11.9. The first-order chi connectivity index (χ1) is 8.43. The average molecular weight is 247 g/mol. The summed E-state index contributed by atoms with van der Waals surface area (Å²) < 4.78 is 10.6. The van der Waals surface area contributed by atoms with Gasteiger partial charge < -0.3 is 9.47 Å². The summed E-state index contributed by atoms with van der Waals surface area (Å²) in [5.41, 5.74) is -0.720. The third-order valence-electron chi connectivity index (χ3n) is 4.43. The molecule has 0 aromatic heterocycles. The fraction of sp³-hybridized carbons (Fsp3) is 0.615. The predicted molar refractivity (Wildman–Crippen MR) is 58.6 cm³/mol. The van der Waals surface area contributed by atoms with Gasteiger partial charge in [-0.2, -0.15) is 5.26 Å². The van der Waals surface area contributed by atoms with E-state index in [0.29, 0.717) is 19.3 Å². The molecule has 0 aromatic carbocycles. The zero-order valence-corrected chi connectivity index (χ0v) is 10.1. The van der Waals surface area contributed by atoms with Crippen LogP contribution in [0.3, 0.4) is 0 Å². The Kier molecular flexibility index (Phi) is 1.96. The van der Waals surface area contributed by atoms with Crippen LogP contribution < -0.4 is 0 Å². The van der Waals surface area contributed by atoms with E-state index < -0.39 is 23.1 Å². The maximum Gasteiger partial charge on any atom is 0.336 e. The highest BCUT2D eigenvalue weighted by atomic mass is 16.7. The monoisotopic (exact) mass is 247 g/mol. The van der Waals surface area contributed by atoms with Gasteiger partial charge in [-0.25, -0.2) is 4.79 Å². The highest BCUT2D eigenvalue weighted by molar-refractivity contribution is 5.88. The lowest BCUT2D eigenvalue weighted by molar-refractivity contribution is -0.274. The molecule has 5 heteroatoms. The Bertz CT molecular complexity index is 520. The van der Waals surface area contributed by atoms with Crippen LogP contribution in [0.1, 0.15) is 26.2 Å². The van der Waals surface area contributed by atoms with Gasteiger partial charge in [0.2, 0.25) is 0 Å². The number of carbonyl (C=O) groups excluding carboxylic acids is 2. The van der Waals surface area contributed by atoms with Crippen LogP contribution in [0.2, 0.25) is 0 Å². The largest absolute Gasteiger partial charge is 0.421 e. The Morgan fingerprint density at radius 1 is 1.56 bits per heavy atom. The number of esters is 2. The molecule has 94 valence electrons. The van der Waals surface area contributed by atoms with Gasteiger partial charge in [0.25, 0.3) is 5.79 Å². The summed E-state index contributed by atoms with van der Waals surface area (Å²) >= 11 is 0. The molecule has 0 radical (unpaired) electrons. The number of fused-ring (bicyclic) bond motifs is 1. The molecule has 4 unspecified atom stereocenters. The van der Waals surface area contributed by atoms with Crippen molar-refractivity contribution in [1.29, 1.82) is 5.26 Å². The molecular formula is C13H13NO4. The van der Waals surface area contributed by atoms with E-state index in [2.05, 4.69) is 12.6 Å². The predicted octanol–water partition coefficient (Wildman–Crippen LogP) is 1.30. The molecule has 2 saturated carbocycles. The Morgan fingerprint density at radius 3 is 2.78 bits per heavy atom. The molecule has 18 heavy (non-hydrogen) atoms. The van der Waals surface area contributed by atoms with E-state index in [1.165, 1.54) is 0 Å². The second-order valence-corrected chi connectivity index (χ2v) is 5.49. The van der Waals surface area contributed by atoms with Gasteiger partial charge in [0.1, 0.15) is 0 Å². The molecular weight excluding hydrogens is 234 g/mol. The minimum absolute atomic E-state index is 0.0494. The SMILES string of the molecule is C=C(C)C(=O)OC12CC3CC1CC3(C#N)C(=O)O2. The molecule has 4 aliphatic rings. The summed E-state index contributed by atoms with van der Waals surface area (Å²) in [6.45, 7) is 5.07. The van der Waals surface area contributed by atoms with E-state index in [1.54, 1.807) is 6.92 Å². The summed E-state index contributed by atoms with van der Waals surface area (Å²) in [6, 6.07) is 2.11. The zero-order chi connectivity index (χ0) is 13.1. The Labute approximate surface area is 104 Å². The van der Waals surface area contributed by atoms with Gasteiger partial charge >= 0.3 is 11.9 Å². The lowest BCUT2D eigenvalue weighted by atomic mass is 9.70. The minimum Gasteiger partial charge on any atom is -0.421 e. The zero-order valence-electron chi connectivity index (χ0n) is 10.1. The van der Waals surface area contributed by atoms with Crippen LogP contribution in [0.15, 0.2) is 12.2 Å². The van der Waals surface area contributed by atoms with E-state index in [0.717, 1.165) is 0 Å². The van der Waals surface area contributed by atoms with Crippen LogP contribution in [0.25, 0.3) is 0 Å². The van der Waals surface area contributed by atoms with Crippen molar-refractivity contribution in [3.05, 3.63) is 12.2 Å². The fourth-order valence-electron chi connectivity index (χ4n) is 3.48. The molecule has 2 aliphatic heterocycles. The molecule has 0 N–H and O–H groups in total. The number of hydrogen-bond donors (Lipinski definition) is 0. The highest BCUT2D eigenvalue weighted by Gasteiger charge is 2.74. The Morgan fingerprint density at radius 2 is 2.28 bits per heavy atom. The van der Waals surface area contributed by atoms with E-state index in [-0.39, 0.29) is 17.4 Å². The van der Waals surface area contributed by atoms with Gasteiger partial charge in [0, 0.05) is 17.9 Å². The molecule has 4 atom stereocenters. The third-order valence-corrected chi connectivity index (χ3v) is 4.43. The summed E-state index contributed by atoms with van der Waals surface area (Å²) in [5.74, 6) is -2.32. The Hall–Kier alpha value is -1.83. The molecule has 5 nitrogen and oxygen atoms in total. The Balaban J connectivity index is 1.92. The van der Waals surface area contributed by atoms with Crippen LogP contribution >= 0.6 is 0 Å². The van der Waals surface area contributed by atoms with E-state index in [9.17, 15) is 14.9 Å². The molecule has 4 bridgehead atoms. The first-order valence-electron chi connectivity index (χ1n) is 5.97. The quantitative estimate of drug-likeness (QED) is 0.543. The van der Waals surface area contributed by atoms with Crippen molar-refractivity contribution in [3.8, 4) is 6.07 Å². The van der Waals surface area contributed by atoms with Crippen molar-refractivity contribution in [3.63, 3.8) is 0 Å². The van der Waals surface area contributed by atoms with Gasteiger partial charge in [-0.15, -0.1) is 0 Å². The first-order valence-corrected chi connectivity index (χ1v) is 5.97. The molecule has 0 amide bonds. The smallest absolute Gasteiger partial charge is 0.336 e. The molecule has 2 heterocycles.